The maximum absolute atomic E-state index is 13.3. The maximum Gasteiger partial charge on any atom is 0.150 e. The highest BCUT2D eigenvalue weighted by atomic mass is 79.9. The summed E-state index contributed by atoms with van der Waals surface area (Å²) in [5, 5.41) is 3.01. The fourth-order valence-electron chi connectivity index (χ4n) is 2.00. The average Bonchev–Trinajstić information content (AvgIpc) is 2.62. The fraction of sp³-hybridized carbons (Fsp3) is 0.455. The Morgan fingerprint density at radius 3 is 2.83 bits per heavy atom. The number of anilines is 2. The molecule has 0 bridgehead atoms. The number of rotatable bonds is 3. The van der Waals surface area contributed by atoms with Crippen molar-refractivity contribution in [2.45, 2.75) is 6.42 Å². The Hall–Kier alpha value is -0.820. The zero-order valence-corrected chi connectivity index (χ0v) is 12.0. The Kier molecular flexibility index (Phi) is 3.82. The number of nitrogens with one attached hydrogen (secondary N) is 1. The lowest BCUT2D eigenvalue weighted by Crippen LogP contribution is -2.16. The molecule has 3 N–H and O–H groups in total. The molecule has 1 atom stereocenters. The Morgan fingerprint density at radius 1 is 1.50 bits per heavy atom. The van der Waals surface area contributed by atoms with Crippen LogP contribution in [-0.4, -0.2) is 26.5 Å². The van der Waals surface area contributed by atoms with Gasteiger partial charge >= 0.3 is 0 Å². The molecule has 1 aromatic carbocycles. The lowest BCUT2D eigenvalue weighted by Gasteiger charge is -2.13. The van der Waals surface area contributed by atoms with Gasteiger partial charge in [-0.2, -0.15) is 0 Å². The topological polar surface area (TPSA) is 72.2 Å². The van der Waals surface area contributed by atoms with Gasteiger partial charge in [0.15, 0.2) is 9.84 Å². The molecule has 1 aliphatic heterocycles. The van der Waals surface area contributed by atoms with Crippen molar-refractivity contribution in [2.75, 3.05) is 29.1 Å². The van der Waals surface area contributed by atoms with Crippen molar-refractivity contribution in [3.8, 4) is 0 Å². The summed E-state index contributed by atoms with van der Waals surface area (Å²) in [5.74, 6) is 0.106. The molecule has 100 valence electrons. The molecule has 0 radical (unpaired) electrons. The molecule has 4 nitrogen and oxygen atoms in total. The molecular weight excluding hydrogens is 323 g/mol. The third-order valence-electron chi connectivity index (χ3n) is 3.00. The molecule has 0 saturated carbocycles. The van der Waals surface area contributed by atoms with Crippen LogP contribution in [0.25, 0.3) is 0 Å². The van der Waals surface area contributed by atoms with Crippen LogP contribution in [0.1, 0.15) is 6.42 Å². The zero-order chi connectivity index (χ0) is 13.3. The zero-order valence-electron chi connectivity index (χ0n) is 9.62. The van der Waals surface area contributed by atoms with Crippen LogP contribution >= 0.6 is 15.9 Å². The average molecular weight is 337 g/mol. The van der Waals surface area contributed by atoms with Gasteiger partial charge in [-0.25, -0.2) is 12.8 Å². The van der Waals surface area contributed by atoms with Crippen LogP contribution in [-0.2, 0) is 9.84 Å². The summed E-state index contributed by atoms with van der Waals surface area (Å²) in [4.78, 5) is 0. The SMILES string of the molecule is Nc1cc(Br)c(F)cc1NCC1CCS(=O)(=O)C1. The normalized spacial score (nSPS) is 22.0. The molecule has 1 heterocycles. The maximum atomic E-state index is 13.3. The van der Waals surface area contributed by atoms with Crippen LogP contribution in [0.4, 0.5) is 15.8 Å². The van der Waals surface area contributed by atoms with Gasteiger partial charge in [0, 0.05) is 12.6 Å². The Morgan fingerprint density at radius 2 is 2.22 bits per heavy atom. The standard InChI is InChI=1S/C11H14BrFN2O2S/c12-8-3-10(14)11(4-9(8)13)15-5-7-1-2-18(16,17)6-7/h3-4,7,15H,1-2,5-6,14H2. The molecule has 18 heavy (non-hydrogen) atoms. The van der Waals surface area contributed by atoms with E-state index in [0.29, 0.717) is 28.8 Å². The summed E-state index contributed by atoms with van der Waals surface area (Å²) in [6.45, 7) is 0.491. The number of sulfone groups is 1. The molecule has 7 heteroatoms. The van der Waals surface area contributed by atoms with Crippen LogP contribution < -0.4 is 11.1 Å². The van der Waals surface area contributed by atoms with E-state index >= 15 is 0 Å². The summed E-state index contributed by atoms with van der Waals surface area (Å²) in [6, 6.07) is 2.80. The number of nitrogen functional groups attached to an aromatic ring is 1. The van der Waals surface area contributed by atoms with Gasteiger partial charge in [0.25, 0.3) is 0 Å². The van der Waals surface area contributed by atoms with Crippen molar-refractivity contribution in [1.82, 2.24) is 0 Å². The molecule has 1 saturated heterocycles. The molecule has 0 aliphatic carbocycles. The summed E-state index contributed by atoms with van der Waals surface area (Å²) in [5.41, 5.74) is 6.69. The molecule has 1 aromatic rings. The second kappa shape index (κ2) is 5.05. The van der Waals surface area contributed by atoms with E-state index < -0.39 is 15.7 Å². The minimum absolute atomic E-state index is 0.0705. The van der Waals surface area contributed by atoms with Crippen LogP contribution in [0.15, 0.2) is 16.6 Å². The first-order valence-electron chi connectivity index (χ1n) is 5.56. The highest BCUT2D eigenvalue weighted by molar-refractivity contribution is 9.10. The first-order chi connectivity index (χ1) is 8.37. The van der Waals surface area contributed by atoms with E-state index in [1.807, 2.05) is 0 Å². The quantitative estimate of drug-likeness (QED) is 0.828. The summed E-state index contributed by atoms with van der Waals surface area (Å²) in [6.07, 6.45) is 0.647. The van der Waals surface area contributed by atoms with Crippen LogP contribution in [0.2, 0.25) is 0 Å². The molecule has 0 aromatic heterocycles. The van der Waals surface area contributed by atoms with Crippen molar-refractivity contribution in [3.63, 3.8) is 0 Å². The van der Waals surface area contributed by atoms with Gasteiger partial charge in [-0.1, -0.05) is 0 Å². The van der Waals surface area contributed by atoms with Crippen LogP contribution in [0, 0.1) is 11.7 Å². The first kappa shape index (κ1) is 13.6. The molecular formula is C11H14BrFN2O2S. The third kappa shape index (κ3) is 3.14. The van der Waals surface area contributed by atoms with Crippen molar-refractivity contribution in [2.24, 2.45) is 5.92 Å². The van der Waals surface area contributed by atoms with Gasteiger partial charge in [0.1, 0.15) is 5.82 Å². The van der Waals surface area contributed by atoms with E-state index in [1.165, 1.54) is 12.1 Å². The van der Waals surface area contributed by atoms with Gasteiger partial charge in [-0.15, -0.1) is 0 Å². The van der Waals surface area contributed by atoms with Gasteiger partial charge in [0.2, 0.25) is 0 Å². The first-order valence-corrected chi connectivity index (χ1v) is 8.17. The van der Waals surface area contributed by atoms with Crippen molar-refractivity contribution in [1.29, 1.82) is 0 Å². The van der Waals surface area contributed by atoms with Gasteiger partial charge in [0.05, 0.1) is 27.4 Å². The predicted molar refractivity (Wildman–Crippen MR) is 73.8 cm³/mol. The lowest BCUT2D eigenvalue weighted by atomic mass is 10.1. The van der Waals surface area contributed by atoms with Crippen LogP contribution in [0.3, 0.4) is 0 Å². The van der Waals surface area contributed by atoms with Crippen LogP contribution in [0.5, 0.6) is 0 Å². The molecule has 1 fully saturated rings. The van der Waals surface area contributed by atoms with E-state index in [9.17, 15) is 12.8 Å². The highest BCUT2D eigenvalue weighted by Crippen LogP contribution is 2.27. The minimum Gasteiger partial charge on any atom is -0.397 e. The summed E-state index contributed by atoms with van der Waals surface area (Å²) < 4.78 is 36.3. The Balaban J connectivity index is 2.01. The number of halogens is 2. The number of hydrogen-bond donors (Lipinski definition) is 2. The minimum atomic E-state index is -2.88. The molecule has 1 aliphatic rings. The number of nitrogens with two attached hydrogens (primary N) is 1. The largest absolute Gasteiger partial charge is 0.397 e. The van der Waals surface area contributed by atoms with Crippen molar-refractivity contribution >= 4 is 37.1 Å². The van der Waals surface area contributed by atoms with Gasteiger partial charge in [-0.3, -0.25) is 0 Å². The van der Waals surface area contributed by atoms with E-state index in [1.54, 1.807) is 0 Å². The summed E-state index contributed by atoms with van der Waals surface area (Å²) in [7, 11) is -2.88. The summed E-state index contributed by atoms with van der Waals surface area (Å²) >= 11 is 3.05. The number of hydrogen-bond acceptors (Lipinski definition) is 4. The Labute approximate surface area is 114 Å². The third-order valence-corrected chi connectivity index (χ3v) is 5.45. The van der Waals surface area contributed by atoms with Gasteiger partial charge in [-0.05, 0) is 34.3 Å². The second-order valence-electron chi connectivity index (χ2n) is 4.50. The second-order valence-corrected chi connectivity index (χ2v) is 7.59. The smallest absolute Gasteiger partial charge is 0.150 e. The Bertz CT molecular complexity index is 562. The van der Waals surface area contributed by atoms with Gasteiger partial charge < -0.3 is 11.1 Å². The monoisotopic (exact) mass is 336 g/mol. The highest BCUT2D eigenvalue weighted by Gasteiger charge is 2.27. The molecule has 0 spiro atoms. The predicted octanol–water partition coefficient (Wildman–Crippen LogP) is 2.02. The van der Waals surface area contributed by atoms with E-state index in [-0.39, 0.29) is 17.4 Å². The molecule has 0 amide bonds. The van der Waals surface area contributed by atoms with Crippen molar-refractivity contribution in [3.05, 3.63) is 22.4 Å². The number of benzene rings is 1. The van der Waals surface area contributed by atoms with E-state index in [0.717, 1.165) is 0 Å². The molecule has 1 unspecified atom stereocenters. The van der Waals surface area contributed by atoms with E-state index in [2.05, 4.69) is 21.2 Å². The van der Waals surface area contributed by atoms with Crippen molar-refractivity contribution < 1.29 is 12.8 Å². The fourth-order valence-corrected chi connectivity index (χ4v) is 4.23. The van der Waals surface area contributed by atoms with E-state index in [4.69, 9.17) is 5.73 Å². The molecule has 2 rings (SSSR count). The lowest BCUT2D eigenvalue weighted by molar-refractivity contribution is 0.595.